The minimum atomic E-state index is -0.291. The molecule has 2 nitrogen and oxygen atoms in total. The van der Waals surface area contributed by atoms with E-state index in [0.717, 1.165) is 10.0 Å². The van der Waals surface area contributed by atoms with Gasteiger partial charge in [-0.2, -0.15) is 0 Å². The molecule has 0 aliphatic carbocycles. The quantitative estimate of drug-likeness (QED) is 0.866. The Morgan fingerprint density at radius 2 is 2.05 bits per heavy atom. The number of halogens is 3. The molecule has 2 aromatic rings. The Hall–Kier alpha value is -1.10. The lowest BCUT2D eigenvalue weighted by Crippen LogP contribution is -2.21. The number of hydrogen-bond acceptors (Lipinski definition) is 2. The fraction of sp³-hybridized carbons (Fsp3) is 0.143. The van der Waals surface area contributed by atoms with Crippen LogP contribution in [0.4, 0.5) is 10.1 Å². The summed E-state index contributed by atoms with van der Waals surface area (Å²) in [4.78, 5) is 0. The standard InChI is InChI=1S/C14H13BrClFN2/c15-9-4-5-13(16)12(6-9)14(8-18)19-11-3-1-2-10(17)7-11/h1-7,14,19H,8,18H2. The summed E-state index contributed by atoms with van der Waals surface area (Å²) in [5.41, 5.74) is 7.33. The molecule has 0 aromatic heterocycles. The summed E-state index contributed by atoms with van der Waals surface area (Å²) >= 11 is 9.58. The van der Waals surface area contributed by atoms with Gasteiger partial charge in [-0.05, 0) is 42.0 Å². The summed E-state index contributed by atoms with van der Waals surface area (Å²) in [6.07, 6.45) is 0. The zero-order chi connectivity index (χ0) is 13.8. The van der Waals surface area contributed by atoms with Gasteiger partial charge in [0.15, 0.2) is 0 Å². The number of rotatable bonds is 4. The fourth-order valence-corrected chi connectivity index (χ4v) is 2.45. The second-order valence-electron chi connectivity index (χ2n) is 4.11. The van der Waals surface area contributed by atoms with Crippen LogP contribution in [-0.4, -0.2) is 6.54 Å². The van der Waals surface area contributed by atoms with Crippen molar-refractivity contribution >= 4 is 33.2 Å². The smallest absolute Gasteiger partial charge is 0.125 e. The topological polar surface area (TPSA) is 38.0 Å². The number of nitrogens with one attached hydrogen (secondary N) is 1. The second kappa shape index (κ2) is 6.37. The van der Waals surface area contributed by atoms with Crippen molar-refractivity contribution in [3.63, 3.8) is 0 Å². The van der Waals surface area contributed by atoms with Crippen LogP contribution in [0.3, 0.4) is 0 Å². The molecule has 100 valence electrons. The van der Waals surface area contributed by atoms with Crippen LogP contribution in [0.5, 0.6) is 0 Å². The van der Waals surface area contributed by atoms with Crippen molar-refractivity contribution in [2.45, 2.75) is 6.04 Å². The largest absolute Gasteiger partial charge is 0.377 e. The molecule has 0 spiro atoms. The van der Waals surface area contributed by atoms with Crippen LogP contribution >= 0.6 is 27.5 Å². The van der Waals surface area contributed by atoms with E-state index in [4.69, 9.17) is 17.3 Å². The van der Waals surface area contributed by atoms with Crippen LogP contribution in [-0.2, 0) is 0 Å². The molecule has 0 aliphatic rings. The van der Waals surface area contributed by atoms with Crippen LogP contribution in [0, 0.1) is 5.82 Å². The minimum Gasteiger partial charge on any atom is -0.377 e. The van der Waals surface area contributed by atoms with E-state index in [1.54, 1.807) is 18.2 Å². The summed E-state index contributed by atoms with van der Waals surface area (Å²) in [6, 6.07) is 11.7. The minimum absolute atomic E-state index is 0.174. The van der Waals surface area contributed by atoms with Gasteiger partial charge in [-0.25, -0.2) is 4.39 Å². The summed E-state index contributed by atoms with van der Waals surface area (Å²) in [5, 5.41) is 3.81. The lowest BCUT2D eigenvalue weighted by molar-refractivity contribution is 0.627. The molecule has 0 saturated carbocycles. The van der Waals surface area contributed by atoms with Gasteiger partial charge in [0.2, 0.25) is 0 Å². The zero-order valence-electron chi connectivity index (χ0n) is 10.0. The third-order valence-electron chi connectivity index (χ3n) is 2.73. The van der Waals surface area contributed by atoms with Crippen LogP contribution < -0.4 is 11.1 Å². The highest BCUT2D eigenvalue weighted by Gasteiger charge is 2.13. The van der Waals surface area contributed by atoms with E-state index in [1.807, 2.05) is 12.1 Å². The molecule has 1 atom stereocenters. The molecule has 19 heavy (non-hydrogen) atoms. The molecule has 0 saturated heterocycles. The molecule has 0 aliphatic heterocycles. The van der Waals surface area contributed by atoms with E-state index < -0.39 is 0 Å². The van der Waals surface area contributed by atoms with Crippen LogP contribution in [0.25, 0.3) is 0 Å². The van der Waals surface area contributed by atoms with Crippen molar-refractivity contribution in [3.8, 4) is 0 Å². The first-order valence-corrected chi connectivity index (χ1v) is 6.94. The van der Waals surface area contributed by atoms with Gasteiger partial charge < -0.3 is 11.1 Å². The Labute approximate surface area is 124 Å². The Morgan fingerprint density at radius 1 is 1.26 bits per heavy atom. The average molecular weight is 344 g/mol. The van der Waals surface area contributed by atoms with Gasteiger partial charge in [-0.1, -0.05) is 33.6 Å². The van der Waals surface area contributed by atoms with E-state index >= 15 is 0 Å². The van der Waals surface area contributed by atoms with Crippen molar-refractivity contribution in [3.05, 3.63) is 63.3 Å². The molecular formula is C14H13BrClFN2. The van der Waals surface area contributed by atoms with Crippen LogP contribution in [0.1, 0.15) is 11.6 Å². The Kier molecular flexibility index (Phi) is 4.80. The maximum Gasteiger partial charge on any atom is 0.125 e. The normalized spacial score (nSPS) is 12.2. The van der Waals surface area contributed by atoms with E-state index in [1.165, 1.54) is 12.1 Å². The van der Waals surface area contributed by atoms with Gasteiger partial charge in [0.05, 0.1) is 6.04 Å². The Bertz CT molecular complexity index is 577. The Morgan fingerprint density at radius 3 is 2.74 bits per heavy atom. The molecule has 2 aromatic carbocycles. The number of hydrogen-bond donors (Lipinski definition) is 2. The molecule has 1 unspecified atom stereocenters. The summed E-state index contributed by atoms with van der Waals surface area (Å²) in [6.45, 7) is 0.354. The van der Waals surface area contributed by atoms with Gasteiger partial charge in [0, 0.05) is 21.7 Å². The molecule has 2 rings (SSSR count). The van der Waals surface area contributed by atoms with E-state index in [0.29, 0.717) is 17.3 Å². The van der Waals surface area contributed by atoms with Crippen molar-refractivity contribution in [2.24, 2.45) is 5.73 Å². The maximum atomic E-state index is 13.2. The zero-order valence-corrected chi connectivity index (χ0v) is 12.4. The SMILES string of the molecule is NCC(Nc1cccc(F)c1)c1cc(Br)ccc1Cl. The second-order valence-corrected chi connectivity index (χ2v) is 5.43. The molecule has 0 fully saturated rings. The average Bonchev–Trinajstić information content (AvgIpc) is 2.39. The molecule has 5 heteroatoms. The molecule has 0 heterocycles. The van der Waals surface area contributed by atoms with Crippen molar-refractivity contribution in [1.29, 1.82) is 0 Å². The molecule has 0 bridgehead atoms. The van der Waals surface area contributed by atoms with Gasteiger partial charge >= 0.3 is 0 Å². The van der Waals surface area contributed by atoms with Crippen molar-refractivity contribution < 1.29 is 4.39 Å². The molecule has 0 radical (unpaired) electrons. The van der Waals surface area contributed by atoms with Crippen molar-refractivity contribution in [1.82, 2.24) is 0 Å². The number of nitrogens with two attached hydrogens (primary N) is 1. The highest BCUT2D eigenvalue weighted by atomic mass is 79.9. The summed E-state index contributed by atoms with van der Waals surface area (Å²) in [5.74, 6) is -0.291. The number of benzene rings is 2. The fourth-order valence-electron chi connectivity index (χ4n) is 1.82. The summed E-state index contributed by atoms with van der Waals surface area (Å²) in [7, 11) is 0. The summed E-state index contributed by atoms with van der Waals surface area (Å²) < 4.78 is 14.1. The third kappa shape index (κ3) is 3.69. The van der Waals surface area contributed by atoms with E-state index in [9.17, 15) is 4.39 Å². The van der Waals surface area contributed by atoms with Gasteiger partial charge in [0.1, 0.15) is 5.82 Å². The number of anilines is 1. The predicted octanol–water partition coefficient (Wildman–Crippen LogP) is 4.35. The first-order chi connectivity index (χ1) is 9.10. The lowest BCUT2D eigenvalue weighted by atomic mass is 10.1. The first kappa shape index (κ1) is 14.3. The van der Waals surface area contributed by atoms with Gasteiger partial charge in [-0.3, -0.25) is 0 Å². The monoisotopic (exact) mass is 342 g/mol. The lowest BCUT2D eigenvalue weighted by Gasteiger charge is -2.20. The molecule has 0 amide bonds. The maximum absolute atomic E-state index is 13.2. The van der Waals surface area contributed by atoms with E-state index in [-0.39, 0.29) is 11.9 Å². The first-order valence-electron chi connectivity index (χ1n) is 5.77. The van der Waals surface area contributed by atoms with Gasteiger partial charge in [0.25, 0.3) is 0 Å². The van der Waals surface area contributed by atoms with Crippen LogP contribution in [0.2, 0.25) is 5.02 Å². The van der Waals surface area contributed by atoms with Gasteiger partial charge in [-0.15, -0.1) is 0 Å². The third-order valence-corrected chi connectivity index (χ3v) is 3.57. The molecule has 3 N–H and O–H groups in total. The predicted molar refractivity (Wildman–Crippen MR) is 81.0 cm³/mol. The van der Waals surface area contributed by atoms with E-state index in [2.05, 4.69) is 21.2 Å². The highest BCUT2D eigenvalue weighted by molar-refractivity contribution is 9.10. The van der Waals surface area contributed by atoms with Crippen LogP contribution in [0.15, 0.2) is 46.9 Å². The Balaban J connectivity index is 2.27. The highest BCUT2D eigenvalue weighted by Crippen LogP contribution is 2.28. The van der Waals surface area contributed by atoms with Crippen molar-refractivity contribution in [2.75, 3.05) is 11.9 Å². The molecular weight excluding hydrogens is 331 g/mol.